The molecular weight excluding hydrogens is 440 g/mol. The second-order valence-electron chi connectivity index (χ2n) is 8.75. The van der Waals surface area contributed by atoms with E-state index in [1.54, 1.807) is 29.2 Å². The van der Waals surface area contributed by atoms with Crippen molar-refractivity contribution in [2.24, 2.45) is 0 Å². The van der Waals surface area contributed by atoms with Crippen LogP contribution >= 0.6 is 0 Å². The molecule has 1 fully saturated rings. The van der Waals surface area contributed by atoms with Crippen LogP contribution in [0.5, 0.6) is 0 Å². The number of carbonyl (C=O) groups excluding carboxylic acids is 1. The highest BCUT2D eigenvalue weighted by Crippen LogP contribution is 2.26. The van der Waals surface area contributed by atoms with Crippen molar-refractivity contribution in [2.75, 3.05) is 31.1 Å². The van der Waals surface area contributed by atoms with Crippen LogP contribution in [0.1, 0.15) is 32.9 Å². The van der Waals surface area contributed by atoms with Gasteiger partial charge in [0.1, 0.15) is 11.6 Å². The molecule has 1 aliphatic rings. The van der Waals surface area contributed by atoms with Gasteiger partial charge in [-0.2, -0.15) is 5.26 Å². The number of carbonyl (C=O) groups is 2. The lowest BCUT2D eigenvalue weighted by Crippen LogP contribution is -2.49. The topological polar surface area (TPSA) is 89.6 Å². The Bertz CT molecular complexity index is 1340. The third kappa shape index (κ3) is 4.82. The number of hydrogen-bond donors (Lipinski definition) is 1. The van der Waals surface area contributed by atoms with Gasteiger partial charge < -0.3 is 19.5 Å². The van der Waals surface area contributed by atoms with E-state index in [1.807, 2.05) is 49.6 Å². The largest absolute Gasteiger partial charge is 0.478 e. The van der Waals surface area contributed by atoms with Gasteiger partial charge in [-0.3, -0.25) is 4.79 Å². The van der Waals surface area contributed by atoms with Crippen LogP contribution in [0.4, 0.5) is 5.69 Å². The van der Waals surface area contributed by atoms with Gasteiger partial charge in [-0.1, -0.05) is 24.3 Å². The van der Waals surface area contributed by atoms with Gasteiger partial charge >= 0.3 is 5.97 Å². The van der Waals surface area contributed by atoms with Crippen LogP contribution in [0.25, 0.3) is 11.8 Å². The van der Waals surface area contributed by atoms with Crippen LogP contribution in [0, 0.1) is 32.1 Å². The predicted molar refractivity (Wildman–Crippen MR) is 136 cm³/mol. The zero-order valence-corrected chi connectivity index (χ0v) is 20.2. The van der Waals surface area contributed by atoms with Gasteiger partial charge in [0.2, 0.25) is 0 Å². The van der Waals surface area contributed by atoms with Crippen LogP contribution in [-0.4, -0.2) is 52.6 Å². The lowest BCUT2D eigenvalue weighted by Gasteiger charge is -2.36. The molecule has 2 heterocycles. The molecule has 0 saturated carbocycles. The van der Waals surface area contributed by atoms with E-state index in [2.05, 4.69) is 23.1 Å². The number of nitrogens with zero attached hydrogens (tertiary/aromatic N) is 4. The number of amides is 1. The minimum Gasteiger partial charge on any atom is -0.478 e. The van der Waals surface area contributed by atoms with Gasteiger partial charge in [0, 0.05) is 48.9 Å². The standard InChI is InChI=1S/C28H28N4O3/c1-19-9-10-22(28(34)35)17-26(19)32-20(2)15-23(21(32)3)16-24(18-29)27(33)31-13-11-30(12-14-31)25-7-5-4-6-8-25/h4-10,15-17H,11-14H2,1-3H3,(H,34,35)/b24-16-. The van der Waals surface area contributed by atoms with Crippen LogP contribution in [-0.2, 0) is 4.79 Å². The van der Waals surface area contributed by atoms with Crippen molar-refractivity contribution >= 4 is 23.6 Å². The van der Waals surface area contributed by atoms with E-state index in [-0.39, 0.29) is 17.0 Å². The maximum atomic E-state index is 13.2. The molecule has 178 valence electrons. The second-order valence-corrected chi connectivity index (χ2v) is 8.75. The Hall–Kier alpha value is -4.31. The van der Waals surface area contributed by atoms with E-state index in [4.69, 9.17) is 0 Å². The molecule has 7 heteroatoms. The Morgan fingerprint density at radius 2 is 1.66 bits per heavy atom. The summed E-state index contributed by atoms with van der Waals surface area (Å²) in [6.07, 6.45) is 1.64. The van der Waals surface area contributed by atoms with Gasteiger partial charge in [-0.25, -0.2) is 4.79 Å². The number of aromatic carboxylic acids is 1. The first-order valence-electron chi connectivity index (χ1n) is 11.5. The summed E-state index contributed by atoms with van der Waals surface area (Å²) in [5.74, 6) is -1.26. The molecule has 0 spiro atoms. The van der Waals surface area contributed by atoms with E-state index in [9.17, 15) is 20.0 Å². The third-order valence-electron chi connectivity index (χ3n) is 6.51. The van der Waals surface area contributed by atoms with Crippen LogP contribution in [0.15, 0.2) is 60.2 Å². The molecule has 1 aromatic heterocycles. The molecule has 0 bridgehead atoms. The average molecular weight is 469 g/mol. The Labute approximate surface area is 205 Å². The van der Waals surface area contributed by atoms with E-state index in [1.165, 1.54) is 0 Å². The first-order valence-corrected chi connectivity index (χ1v) is 11.5. The summed E-state index contributed by atoms with van der Waals surface area (Å²) < 4.78 is 1.96. The molecule has 0 aliphatic carbocycles. The highest BCUT2D eigenvalue weighted by atomic mass is 16.4. The highest BCUT2D eigenvalue weighted by Gasteiger charge is 2.24. The molecule has 1 amide bonds. The summed E-state index contributed by atoms with van der Waals surface area (Å²) in [5.41, 5.74) is 5.61. The summed E-state index contributed by atoms with van der Waals surface area (Å²) in [6.45, 7) is 8.27. The van der Waals surface area contributed by atoms with Crippen LogP contribution in [0.3, 0.4) is 0 Å². The number of anilines is 1. The van der Waals surface area contributed by atoms with Gasteiger partial charge in [-0.15, -0.1) is 0 Å². The van der Waals surface area contributed by atoms with Crippen molar-refractivity contribution in [1.29, 1.82) is 5.26 Å². The third-order valence-corrected chi connectivity index (χ3v) is 6.51. The molecule has 3 aromatic rings. The summed E-state index contributed by atoms with van der Waals surface area (Å²) in [7, 11) is 0. The molecule has 0 atom stereocenters. The van der Waals surface area contributed by atoms with Gasteiger partial charge in [-0.05, 0) is 68.3 Å². The predicted octanol–water partition coefficient (Wildman–Crippen LogP) is 4.36. The number of piperazine rings is 1. The first kappa shape index (κ1) is 23.8. The number of carboxylic acids is 1. The zero-order chi connectivity index (χ0) is 25.1. The summed E-state index contributed by atoms with van der Waals surface area (Å²) in [6, 6.07) is 19.1. The fourth-order valence-electron chi connectivity index (χ4n) is 4.56. The number of aryl methyl sites for hydroxylation is 2. The lowest BCUT2D eigenvalue weighted by molar-refractivity contribution is -0.126. The zero-order valence-electron chi connectivity index (χ0n) is 20.2. The average Bonchev–Trinajstić information content (AvgIpc) is 3.15. The molecule has 0 radical (unpaired) electrons. The lowest BCUT2D eigenvalue weighted by atomic mass is 10.1. The minimum atomic E-state index is -0.987. The fraction of sp³-hybridized carbons (Fsp3) is 0.250. The summed E-state index contributed by atoms with van der Waals surface area (Å²) in [4.78, 5) is 28.6. The van der Waals surface area contributed by atoms with Gasteiger partial charge in [0.05, 0.1) is 5.56 Å². The molecule has 1 saturated heterocycles. The number of carboxylic acid groups (broad SMARTS) is 1. The quantitative estimate of drug-likeness (QED) is 0.444. The van der Waals surface area contributed by atoms with Crippen molar-refractivity contribution in [3.8, 4) is 11.8 Å². The second kappa shape index (κ2) is 9.90. The minimum absolute atomic E-state index is 0.0921. The number of nitriles is 1. The van der Waals surface area contributed by atoms with Crippen molar-refractivity contribution in [1.82, 2.24) is 9.47 Å². The molecule has 2 aromatic carbocycles. The Balaban J connectivity index is 1.58. The van der Waals surface area contributed by atoms with E-state index in [0.29, 0.717) is 26.2 Å². The molecule has 1 N–H and O–H groups in total. The maximum Gasteiger partial charge on any atom is 0.335 e. The molecule has 7 nitrogen and oxygen atoms in total. The van der Waals surface area contributed by atoms with Crippen molar-refractivity contribution in [2.45, 2.75) is 20.8 Å². The summed E-state index contributed by atoms with van der Waals surface area (Å²) >= 11 is 0. The van der Waals surface area contributed by atoms with E-state index in [0.717, 1.165) is 33.9 Å². The van der Waals surface area contributed by atoms with Crippen molar-refractivity contribution < 1.29 is 14.7 Å². The monoisotopic (exact) mass is 468 g/mol. The van der Waals surface area contributed by atoms with Crippen molar-refractivity contribution in [3.05, 3.63) is 88.2 Å². The molecule has 35 heavy (non-hydrogen) atoms. The number of hydrogen-bond acceptors (Lipinski definition) is 4. The number of benzene rings is 2. The van der Waals surface area contributed by atoms with Crippen molar-refractivity contribution in [3.63, 3.8) is 0 Å². The normalized spacial score (nSPS) is 14.1. The molecule has 0 unspecified atom stereocenters. The van der Waals surface area contributed by atoms with Crippen LogP contribution < -0.4 is 4.90 Å². The maximum absolute atomic E-state index is 13.2. The van der Waals surface area contributed by atoms with E-state index < -0.39 is 5.97 Å². The first-order chi connectivity index (χ1) is 16.8. The molecule has 4 rings (SSSR count). The molecular formula is C28H28N4O3. The molecule has 1 aliphatic heterocycles. The smallest absolute Gasteiger partial charge is 0.335 e. The number of aromatic nitrogens is 1. The number of rotatable bonds is 5. The highest BCUT2D eigenvalue weighted by molar-refractivity contribution is 6.02. The van der Waals surface area contributed by atoms with Gasteiger partial charge in [0.15, 0.2) is 0 Å². The Morgan fingerprint density at radius 3 is 2.29 bits per heavy atom. The Kier molecular flexibility index (Phi) is 6.74. The Morgan fingerprint density at radius 1 is 0.971 bits per heavy atom. The SMILES string of the molecule is Cc1ccc(C(=O)O)cc1-n1c(C)cc(/C=C(/C#N)C(=O)N2CCN(c3ccccc3)CC2)c1C. The summed E-state index contributed by atoms with van der Waals surface area (Å²) in [5, 5.41) is 19.2. The van der Waals surface area contributed by atoms with E-state index >= 15 is 0 Å². The number of para-hydroxylation sites is 1. The fourth-order valence-corrected chi connectivity index (χ4v) is 4.56. The van der Waals surface area contributed by atoms with Crippen LogP contribution in [0.2, 0.25) is 0 Å². The van der Waals surface area contributed by atoms with Gasteiger partial charge in [0.25, 0.3) is 5.91 Å².